The van der Waals surface area contributed by atoms with E-state index in [1.165, 1.54) is 10.9 Å². The molecule has 1 aromatic heterocycles. The smallest absolute Gasteiger partial charge is 0.246 e. The Morgan fingerprint density at radius 2 is 1.86 bits per heavy atom. The first-order valence-electron chi connectivity index (χ1n) is 9.24. The van der Waals surface area contributed by atoms with Crippen LogP contribution in [0.4, 0.5) is 4.39 Å². The SMILES string of the molecule is Cl.O=C(Cn1nc2ccccc2n1)N1C[C@@H]2CNC[C@@H]2[C@H]1c1cccc(F)c1. The van der Waals surface area contributed by atoms with E-state index >= 15 is 0 Å². The van der Waals surface area contributed by atoms with Gasteiger partial charge in [-0.25, -0.2) is 4.39 Å². The molecule has 0 aliphatic carbocycles. The lowest BCUT2D eigenvalue weighted by atomic mass is 9.89. The molecule has 3 atom stereocenters. The van der Waals surface area contributed by atoms with Crippen molar-refractivity contribution in [2.45, 2.75) is 12.6 Å². The van der Waals surface area contributed by atoms with Gasteiger partial charge in [0.05, 0.1) is 6.04 Å². The number of nitrogens with one attached hydrogen (secondary N) is 1. The average molecular weight is 402 g/mol. The van der Waals surface area contributed by atoms with Crippen LogP contribution in [-0.4, -0.2) is 45.4 Å². The van der Waals surface area contributed by atoms with Crippen molar-refractivity contribution in [1.82, 2.24) is 25.2 Å². The molecule has 0 unspecified atom stereocenters. The Labute approximate surface area is 168 Å². The van der Waals surface area contributed by atoms with Gasteiger partial charge in [-0.05, 0) is 35.7 Å². The van der Waals surface area contributed by atoms with E-state index in [1.54, 1.807) is 12.1 Å². The number of halogens is 2. The molecule has 0 bridgehead atoms. The molecule has 0 spiro atoms. The van der Waals surface area contributed by atoms with Crippen LogP contribution in [0.2, 0.25) is 0 Å². The van der Waals surface area contributed by atoms with Crippen LogP contribution in [0.1, 0.15) is 11.6 Å². The molecule has 2 saturated heterocycles. The summed E-state index contributed by atoms with van der Waals surface area (Å²) in [7, 11) is 0. The summed E-state index contributed by atoms with van der Waals surface area (Å²) < 4.78 is 13.8. The van der Waals surface area contributed by atoms with E-state index in [-0.39, 0.29) is 36.7 Å². The first kappa shape index (κ1) is 18.8. The number of fused-ring (bicyclic) bond motifs is 2. The minimum Gasteiger partial charge on any atom is -0.333 e. The molecule has 3 aromatic rings. The number of rotatable bonds is 3. The van der Waals surface area contributed by atoms with Gasteiger partial charge >= 0.3 is 0 Å². The second-order valence-corrected chi connectivity index (χ2v) is 7.35. The number of carbonyl (C=O) groups excluding carboxylic acids is 1. The Bertz CT molecular complexity index is 976. The molecule has 2 aliphatic heterocycles. The minimum atomic E-state index is -0.269. The molecule has 6 nitrogen and oxygen atoms in total. The molecule has 28 heavy (non-hydrogen) atoms. The van der Waals surface area contributed by atoms with Crippen molar-refractivity contribution in [2.75, 3.05) is 19.6 Å². The van der Waals surface area contributed by atoms with Crippen LogP contribution in [0.25, 0.3) is 11.0 Å². The topological polar surface area (TPSA) is 63.1 Å². The minimum absolute atomic E-state index is 0. The largest absolute Gasteiger partial charge is 0.333 e. The molecule has 2 fully saturated rings. The van der Waals surface area contributed by atoms with Crippen LogP contribution in [0.5, 0.6) is 0 Å². The Morgan fingerprint density at radius 3 is 2.57 bits per heavy atom. The Morgan fingerprint density at radius 1 is 1.11 bits per heavy atom. The standard InChI is InChI=1S/C20H20FN5O.ClH/c21-15-5-3-4-13(8-15)20-16-10-22-9-14(16)11-25(20)19(27)12-26-23-17-6-1-2-7-18(17)24-26;/h1-8,14,16,20,22H,9-12H2;1H/t14-,16-,20+;/m0./s1. The van der Waals surface area contributed by atoms with Crippen molar-refractivity contribution in [3.63, 3.8) is 0 Å². The van der Waals surface area contributed by atoms with Crippen molar-refractivity contribution in [3.8, 4) is 0 Å². The van der Waals surface area contributed by atoms with Crippen LogP contribution < -0.4 is 5.32 Å². The number of hydrogen-bond acceptors (Lipinski definition) is 4. The van der Waals surface area contributed by atoms with Crippen LogP contribution in [0, 0.1) is 17.7 Å². The third-order valence-corrected chi connectivity index (χ3v) is 5.68. The summed E-state index contributed by atoms with van der Waals surface area (Å²) in [5.74, 6) is 0.403. The molecular formula is C20H21ClFN5O. The van der Waals surface area contributed by atoms with Crippen molar-refractivity contribution >= 4 is 29.3 Å². The zero-order valence-corrected chi connectivity index (χ0v) is 16.0. The maximum atomic E-state index is 13.8. The Kier molecular flexibility index (Phi) is 5.03. The van der Waals surface area contributed by atoms with Gasteiger partial charge in [0, 0.05) is 25.6 Å². The maximum Gasteiger partial charge on any atom is 0.246 e. The van der Waals surface area contributed by atoms with Gasteiger partial charge in [-0.2, -0.15) is 15.0 Å². The molecular weight excluding hydrogens is 381 g/mol. The average Bonchev–Trinajstić information content (AvgIpc) is 3.34. The van der Waals surface area contributed by atoms with E-state index in [9.17, 15) is 9.18 Å². The third kappa shape index (κ3) is 3.25. The van der Waals surface area contributed by atoms with Crippen molar-refractivity contribution in [1.29, 1.82) is 0 Å². The van der Waals surface area contributed by atoms with E-state index in [2.05, 4.69) is 15.5 Å². The van der Waals surface area contributed by atoms with Gasteiger partial charge in [0.2, 0.25) is 5.91 Å². The molecule has 1 N–H and O–H groups in total. The quantitative estimate of drug-likeness (QED) is 0.732. The van der Waals surface area contributed by atoms with Gasteiger partial charge in [0.15, 0.2) is 0 Å². The molecule has 2 aromatic carbocycles. The fourth-order valence-electron chi connectivity index (χ4n) is 4.48. The van der Waals surface area contributed by atoms with Gasteiger partial charge < -0.3 is 10.2 Å². The first-order chi connectivity index (χ1) is 13.2. The van der Waals surface area contributed by atoms with E-state index in [0.29, 0.717) is 18.4 Å². The van der Waals surface area contributed by atoms with Crippen LogP contribution in [0.15, 0.2) is 48.5 Å². The lowest BCUT2D eigenvalue weighted by Crippen LogP contribution is -2.37. The second-order valence-electron chi connectivity index (χ2n) is 7.35. The zero-order chi connectivity index (χ0) is 18.4. The van der Waals surface area contributed by atoms with E-state index in [0.717, 1.165) is 29.7 Å². The monoisotopic (exact) mass is 401 g/mol. The second kappa shape index (κ2) is 7.48. The fraction of sp³-hybridized carbons (Fsp3) is 0.350. The summed E-state index contributed by atoms with van der Waals surface area (Å²) >= 11 is 0. The highest BCUT2D eigenvalue weighted by atomic mass is 35.5. The summed E-state index contributed by atoms with van der Waals surface area (Å²) in [5, 5.41) is 12.2. The van der Waals surface area contributed by atoms with E-state index < -0.39 is 0 Å². The Balaban J connectivity index is 0.00000192. The number of carbonyl (C=O) groups is 1. The maximum absolute atomic E-state index is 13.8. The van der Waals surface area contributed by atoms with Crippen LogP contribution in [-0.2, 0) is 11.3 Å². The molecule has 0 radical (unpaired) electrons. The van der Waals surface area contributed by atoms with E-state index in [1.807, 2.05) is 35.2 Å². The summed E-state index contributed by atoms with van der Waals surface area (Å²) in [4.78, 5) is 16.5. The predicted molar refractivity (Wildman–Crippen MR) is 105 cm³/mol. The van der Waals surface area contributed by atoms with Crippen LogP contribution in [0.3, 0.4) is 0 Å². The molecule has 5 rings (SSSR count). The lowest BCUT2D eigenvalue weighted by molar-refractivity contribution is -0.133. The fourth-order valence-corrected chi connectivity index (χ4v) is 4.48. The molecule has 1 amide bonds. The summed E-state index contributed by atoms with van der Waals surface area (Å²) in [6.07, 6.45) is 0. The first-order valence-corrected chi connectivity index (χ1v) is 9.24. The number of aromatic nitrogens is 3. The number of nitrogens with zero attached hydrogens (tertiary/aromatic N) is 4. The normalized spacial score (nSPS) is 23.6. The van der Waals surface area contributed by atoms with Crippen molar-refractivity contribution < 1.29 is 9.18 Å². The molecule has 3 heterocycles. The summed E-state index contributed by atoms with van der Waals surface area (Å²) in [5.41, 5.74) is 2.40. The highest BCUT2D eigenvalue weighted by molar-refractivity contribution is 5.85. The van der Waals surface area contributed by atoms with E-state index in [4.69, 9.17) is 0 Å². The number of amides is 1. The highest BCUT2D eigenvalue weighted by Gasteiger charge is 2.46. The summed E-state index contributed by atoms with van der Waals surface area (Å²) in [6, 6.07) is 14.1. The molecule has 0 saturated carbocycles. The lowest BCUT2D eigenvalue weighted by Gasteiger charge is -2.28. The molecule has 8 heteroatoms. The number of hydrogen-bond donors (Lipinski definition) is 1. The van der Waals surface area contributed by atoms with Gasteiger partial charge in [-0.1, -0.05) is 24.3 Å². The summed E-state index contributed by atoms with van der Waals surface area (Å²) in [6.45, 7) is 2.51. The van der Waals surface area contributed by atoms with Crippen molar-refractivity contribution in [2.24, 2.45) is 11.8 Å². The Hall–Kier alpha value is -2.51. The highest BCUT2D eigenvalue weighted by Crippen LogP contribution is 2.42. The number of likely N-dealkylation sites (tertiary alicyclic amines) is 1. The predicted octanol–water partition coefficient (Wildman–Crippen LogP) is 2.41. The van der Waals surface area contributed by atoms with Gasteiger partial charge in [-0.15, -0.1) is 12.4 Å². The van der Waals surface area contributed by atoms with Crippen LogP contribution >= 0.6 is 12.4 Å². The zero-order valence-electron chi connectivity index (χ0n) is 15.2. The van der Waals surface area contributed by atoms with Gasteiger partial charge in [-0.3, -0.25) is 4.79 Å². The van der Waals surface area contributed by atoms with Gasteiger partial charge in [0.25, 0.3) is 0 Å². The number of benzene rings is 2. The molecule has 146 valence electrons. The van der Waals surface area contributed by atoms with Gasteiger partial charge in [0.1, 0.15) is 23.4 Å². The third-order valence-electron chi connectivity index (χ3n) is 5.68. The molecule has 2 aliphatic rings. The van der Waals surface area contributed by atoms with Crippen molar-refractivity contribution in [3.05, 3.63) is 59.9 Å².